The first-order valence-electron chi connectivity index (χ1n) is 9.94. The quantitative estimate of drug-likeness (QED) is 0.355. The van der Waals surface area contributed by atoms with E-state index in [9.17, 15) is 14.7 Å². The lowest BCUT2D eigenvalue weighted by atomic mass is 9.83. The third-order valence-corrected chi connectivity index (χ3v) is 5.49. The van der Waals surface area contributed by atoms with E-state index in [1.807, 2.05) is 6.07 Å². The number of aromatic hydroxyl groups is 1. The summed E-state index contributed by atoms with van der Waals surface area (Å²) in [7, 11) is 4.50. The van der Waals surface area contributed by atoms with Crippen LogP contribution in [0.25, 0.3) is 0 Å². The van der Waals surface area contributed by atoms with Crippen molar-refractivity contribution in [3.05, 3.63) is 76.9 Å². The summed E-state index contributed by atoms with van der Waals surface area (Å²) >= 11 is 0. The minimum atomic E-state index is -0.580. The highest BCUT2D eigenvalue weighted by Crippen LogP contribution is 2.48. The predicted octanol–water partition coefficient (Wildman–Crippen LogP) is 4.09. The van der Waals surface area contributed by atoms with Gasteiger partial charge >= 0.3 is 5.97 Å². The molecule has 0 aliphatic carbocycles. The Morgan fingerprint density at radius 1 is 0.969 bits per heavy atom. The number of hydrogen-bond donors (Lipinski definition) is 1. The number of ketones is 1. The molecule has 0 fully saturated rings. The summed E-state index contributed by atoms with van der Waals surface area (Å²) in [6.07, 6.45) is -0.0256. The van der Waals surface area contributed by atoms with E-state index in [4.69, 9.17) is 18.9 Å². The van der Waals surface area contributed by atoms with E-state index in [1.54, 1.807) is 36.4 Å². The molecule has 0 spiro atoms. The lowest BCUT2D eigenvalue weighted by Crippen LogP contribution is -2.22. The summed E-state index contributed by atoms with van der Waals surface area (Å²) < 4.78 is 21.6. The molecule has 0 saturated heterocycles. The number of benzene rings is 3. The standard InChI is InChI=1S/C25H22O7/c1-29-19-11-15(12-20(30-2)25(19)31-3)17-13-21(26)32-18-10-9-16(24(28)22(17)18)23(27)14-7-5-4-6-8-14/h4-12,17,28H,13H2,1-3H3. The average Bonchev–Trinajstić information content (AvgIpc) is 2.82. The Kier molecular flexibility index (Phi) is 5.73. The topological polar surface area (TPSA) is 91.3 Å². The van der Waals surface area contributed by atoms with Gasteiger partial charge in [-0.1, -0.05) is 30.3 Å². The molecule has 0 saturated carbocycles. The maximum atomic E-state index is 13.0. The first-order valence-corrected chi connectivity index (χ1v) is 9.94. The van der Waals surface area contributed by atoms with E-state index in [2.05, 4.69) is 0 Å². The third-order valence-electron chi connectivity index (χ3n) is 5.49. The Labute approximate surface area is 185 Å². The minimum absolute atomic E-state index is 0.0256. The number of ether oxygens (including phenoxy) is 4. The van der Waals surface area contributed by atoms with E-state index in [-0.39, 0.29) is 29.3 Å². The predicted molar refractivity (Wildman–Crippen MR) is 116 cm³/mol. The van der Waals surface area contributed by atoms with Crippen LogP contribution < -0.4 is 18.9 Å². The summed E-state index contributed by atoms with van der Waals surface area (Å²) in [5, 5.41) is 11.1. The normalized spacial score (nSPS) is 14.8. The minimum Gasteiger partial charge on any atom is -0.507 e. The third kappa shape index (κ3) is 3.62. The molecule has 0 bridgehead atoms. The Bertz CT molecular complexity index is 1160. The van der Waals surface area contributed by atoms with Gasteiger partial charge in [-0.15, -0.1) is 0 Å². The van der Waals surface area contributed by atoms with Crippen LogP contribution in [0.4, 0.5) is 0 Å². The van der Waals surface area contributed by atoms with Crippen LogP contribution in [-0.2, 0) is 4.79 Å². The van der Waals surface area contributed by atoms with E-state index in [0.717, 1.165) is 0 Å². The molecule has 1 aliphatic heterocycles. The molecule has 1 N–H and O–H groups in total. The van der Waals surface area contributed by atoms with Gasteiger partial charge in [-0.2, -0.15) is 0 Å². The summed E-state index contributed by atoms with van der Waals surface area (Å²) in [5.41, 5.74) is 1.59. The van der Waals surface area contributed by atoms with E-state index in [0.29, 0.717) is 33.9 Å². The molecule has 4 rings (SSSR count). The van der Waals surface area contributed by atoms with Gasteiger partial charge in [0.25, 0.3) is 0 Å². The maximum absolute atomic E-state index is 13.0. The Morgan fingerprint density at radius 3 is 2.22 bits per heavy atom. The van der Waals surface area contributed by atoms with Gasteiger partial charge in [0.1, 0.15) is 11.5 Å². The molecule has 164 valence electrons. The number of carbonyl (C=O) groups is 2. The fourth-order valence-electron chi connectivity index (χ4n) is 3.96. The van der Waals surface area contributed by atoms with Crippen molar-refractivity contribution in [3.63, 3.8) is 0 Å². The smallest absolute Gasteiger partial charge is 0.312 e. The van der Waals surface area contributed by atoms with Crippen molar-refractivity contribution in [2.24, 2.45) is 0 Å². The first-order chi connectivity index (χ1) is 15.5. The molecule has 0 aromatic heterocycles. The van der Waals surface area contributed by atoms with Crippen molar-refractivity contribution < 1.29 is 33.6 Å². The zero-order chi connectivity index (χ0) is 22.8. The fraction of sp³-hybridized carbons (Fsp3) is 0.200. The molecule has 3 aromatic rings. The van der Waals surface area contributed by atoms with Gasteiger partial charge in [-0.25, -0.2) is 0 Å². The zero-order valence-electron chi connectivity index (χ0n) is 17.9. The lowest BCUT2D eigenvalue weighted by Gasteiger charge is -2.27. The lowest BCUT2D eigenvalue weighted by molar-refractivity contribution is -0.135. The van der Waals surface area contributed by atoms with Gasteiger partial charge in [-0.05, 0) is 29.8 Å². The van der Waals surface area contributed by atoms with Crippen LogP contribution in [-0.4, -0.2) is 38.2 Å². The molecule has 1 atom stereocenters. The van der Waals surface area contributed by atoms with Crippen LogP contribution in [0.15, 0.2) is 54.6 Å². The van der Waals surface area contributed by atoms with Gasteiger partial charge in [-0.3, -0.25) is 9.59 Å². The van der Waals surface area contributed by atoms with E-state index in [1.165, 1.54) is 33.5 Å². The molecule has 0 amide bonds. The molecular weight excluding hydrogens is 412 g/mol. The zero-order valence-corrected chi connectivity index (χ0v) is 17.9. The number of hydrogen-bond acceptors (Lipinski definition) is 7. The molecule has 0 radical (unpaired) electrons. The number of phenols is 1. The van der Waals surface area contributed by atoms with Crippen LogP contribution in [0.2, 0.25) is 0 Å². The molecule has 1 heterocycles. The second-order valence-corrected chi connectivity index (χ2v) is 7.26. The van der Waals surface area contributed by atoms with Crippen molar-refractivity contribution in [2.75, 3.05) is 21.3 Å². The summed E-state index contributed by atoms with van der Waals surface area (Å²) in [5.74, 6) is -0.122. The molecular formula is C25H22O7. The number of esters is 1. The first kappa shape index (κ1) is 21.2. The van der Waals surface area contributed by atoms with Crippen LogP contribution >= 0.6 is 0 Å². The Balaban J connectivity index is 1.88. The van der Waals surface area contributed by atoms with Gasteiger partial charge in [0, 0.05) is 17.0 Å². The molecule has 32 heavy (non-hydrogen) atoms. The molecule has 1 aliphatic rings. The highest BCUT2D eigenvalue weighted by Gasteiger charge is 2.34. The summed E-state index contributed by atoms with van der Waals surface area (Å²) in [6, 6.07) is 15.1. The summed E-state index contributed by atoms with van der Waals surface area (Å²) in [4.78, 5) is 25.4. The molecule has 1 unspecified atom stereocenters. The van der Waals surface area contributed by atoms with Crippen LogP contribution in [0, 0.1) is 0 Å². The highest BCUT2D eigenvalue weighted by molar-refractivity contribution is 6.11. The second kappa shape index (κ2) is 8.63. The SMILES string of the molecule is COc1cc(C2CC(=O)Oc3ccc(C(=O)c4ccccc4)c(O)c32)cc(OC)c1OC. The van der Waals surface area contributed by atoms with Gasteiger partial charge in [0.05, 0.1) is 33.3 Å². The monoisotopic (exact) mass is 434 g/mol. The van der Waals surface area contributed by atoms with Crippen molar-refractivity contribution in [1.82, 2.24) is 0 Å². The average molecular weight is 434 g/mol. The maximum Gasteiger partial charge on any atom is 0.312 e. The number of rotatable bonds is 6. The molecule has 7 nitrogen and oxygen atoms in total. The number of carbonyl (C=O) groups excluding carboxylic acids is 2. The number of phenolic OH excluding ortho intramolecular Hbond substituents is 1. The van der Waals surface area contributed by atoms with Crippen LogP contribution in [0.5, 0.6) is 28.7 Å². The van der Waals surface area contributed by atoms with Gasteiger partial charge in [0.2, 0.25) is 5.75 Å². The fourth-order valence-corrected chi connectivity index (χ4v) is 3.96. The number of methoxy groups -OCH3 is 3. The summed E-state index contributed by atoms with van der Waals surface area (Å²) in [6.45, 7) is 0. The Hall–Kier alpha value is -4.00. The molecule has 7 heteroatoms. The largest absolute Gasteiger partial charge is 0.507 e. The van der Waals surface area contributed by atoms with Gasteiger partial charge < -0.3 is 24.1 Å². The van der Waals surface area contributed by atoms with E-state index >= 15 is 0 Å². The van der Waals surface area contributed by atoms with Crippen LogP contribution in [0.3, 0.4) is 0 Å². The number of fused-ring (bicyclic) bond motifs is 1. The van der Waals surface area contributed by atoms with Crippen molar-refractivity contribution in [3.8, 4) is 28.7 Å². The highest BCUT2D eigenvalue weighted by atomic mass is 16.5. The van der Waals surface area contributed by atoms with Gasteiger partial charge in [0.15, 0.2) is 17.3 Å². The van der Waals surface area contributed by atoms with Crippen molar-refractivity contribution in [2.45, 2.75) is 12.3 Å². The second-order valence-electron chi connectivity index (χ2n) is 7.26. The van der Waals surface area contributed by atoms with E-state index < -0.39 is 11.9 Å². The Morgan fingerprint density at radius 2 is 1.62 bits per heavy atom. The van der Waals surface area contributed by atoms with Crippen molar-refractivity contribution in [1.29, 1.82) is 0 Å². The van der Waals surface area contributed by atoms with Crippen LogP contribution in [0.1, 0.15) is 39.4 Å². The molecule has 3 aromatic carbocycles. The van der Waals surface area contributed by atoms with Crippen molar-refractivity contribution >= 4 is 11.8 Å².